The number of aromatic nitrogens is 2. The standard InChI is InChI=1S/C17H18Cl2N6O/c1-10-5-7-22-17(23-10)25(21)14-6-8-24(9-13(14)20)16(26)11-3-2-4-12(18)15(11)19/h2-5,7H,6,8-9,20-21H2,1H3. The minimum Gasteiger partial charge on any atom is -0.399 e. The van der Waals surface area contributed by atoms with Crippen LogP contribution in [0.3, 0.4) is 0 Å². The number of halogens is 2. The molecule has 9 heteroatoms. The van der Waals surface area contributed by atoms with Crippen LogP contribution in [-0.2, 0) is 0 Å². The van der Waals surface area contributed by atoms with E-state index in [-0.39, 0.29) is 17.5 Å². The summed E-state index contributed by atoms with van der Waals surface area (Å²) in [6.45, 7) is 2.53. The first-order chi connectivity index (χ1) is 12.4. The number of hydrazine groups is 1. The highest BCUT2D eigenvalue weighted by Crippen LogP contribution is 2.28. The number of rotatable bonds is 3. The number of hydrogen-bond donors (Lipinski definition) is 2. The highest BCUT2D eigenvalue weighted by Gasteiger charge is 2.27. The minimum absolute atomic E-state index is 0.227. The number of hydrogen-bond acceptors (Lipinski definition) is 6. The minimum atomic E-state index is -0.227. The van der Waals surface area contributed by atoms with Crippen LogP contribution in [0.25, 0.3) is 0 Å². The fourth-order valence-electron chi connectivity index (χ4n) is 2.74. The van der Waals surface area contributed by atoms with Crippen LogP contribution < -0.4 is 16.6 Å². The number of aryl methyl sites for hydroxylation is 1. The number of carbonyl (C=O) groups is 1. The van der Waals surface area contributed by atoms with Gasteiger partial charge in [0.05, 0.1) is 27.9 Å². The predicted molar refractivity (Wildman–Crippen MR) is 102 cm³/mol. The number of anilines is 1. The Hall–Kier alpha value is -2.35. The first kappa shape index (κ1) is 18.4. The van der Waals surface area contributed by atoms with Gasteiger partial charge in [-0.05, 0) is 25.1 Å². The van der Waals surface area contributed by atoms with Crippen LogP contribution in [-0.4, -0.2) is 33.9 Å². The van der Waals surface area contributed by atoms with Crippen LogP contribution in [0, 0.1) is 6.92 Å². The third-order valence-electron chi connectivity index (χ3n) is 4.11. The maximum atomic E-state index is 12.7. The second-order valence-electron chi connectivity index (χ2n) is 5.92. The smallest absolute Gasteiger partial charge is 0.255 e. The van der Waals surface area contributed by atoms with E-state index in [1.807, 2.05) is 6.92 Å². The molecule has 0 atom stereocenters. The van der Waals surface area contributed by atoms with Crippen molar-refractivity contribution in [1.82, 2.24) is 14.9 Å². The second-order valence-corrected chi connectivity index (χ2v) is 6.70. The van der Waals surface area contributed by atoms with Gasteiger partial charge in [0.25, 0.3) is 5.91 Å². The number of benzene rings is 1. The zero-order chi connectivity index (χ0) is 18.8. The van der Waals surface area contributed by atoms with E-state index in [4.69, 9.17) is 34.8 Å². The van der Waals surface area contributed by atoms with E-state index in [0.29, 0.717) is 40.9 Å². The highest BCUT2D eigenvalue weighted by molar-refractivity contribution is 6.43. The SMILES string of the molecule is Cc1ccnc(N(N)C2=C(N)CN(C(=O)c3cccc(Cl)c3Cl)CC2)n1. The van der Waals surface area contributed by atoms with Gasteiger partial charge >= 0.3 is 0 Å². The molecule has 0 unspecified atom stereocenters. The molecule has 1 aromatic carbocycles. The Labute approximate surface area is 161 Å². The van der Waals surface area contributed by atoms with Crippen LogP contribution in [0.5, 0.6) is 0 Å². The molecule has 4 N–H and O–H groups in total. The molecule has 2 heterocycles. The largest absolute Gasteiger partial charge is 0.399 e. The first-order valence-electron chi connectivity index (χ1n) is 7.93. The lowest BCUT2D eigenvalue weighted by molar-refractivity contribution is 0.0762. The Balaban J connectivity index is 1.81. The summed E-state index contributed by atoms with van der Waals surface area (Å²) in [5.74, 6) is 6.27. The van der Waals surface area contributed by atoms with Crippen LogP contribution in [0.4, 0.5) is 5.95 Å². The van der Waals surface area contributed by atoms with Crippen molar-refractivity contribution in [3.05, 3.63) is 63.2 Å². The van der Waals surface area contributed by atoms with Gasteiger partial charge < -0.3 is 10.6 Å². The zero-order valence-electron chi connectivity index (χ0n) is 14.1. The fraction of sp³-hybridized carbons (Fsp3) is 0.235. The molecule has 0 spiro atoms. The third kappa shape index (κ3) is 3.60. The van der Waals surface area contributed by atoms with Crippen molar-refractivity contribution in [2.45, 2.75) is 13.3 Å². The van der Waals surface area contributed by atoms with Gasteiger partial charge in [-0.1, -0.05) is 29.3 Å². The third-order valence-corrected chi connectivity index (χ3v) is 4.93. The van der Waals surface area contributed by atoms with Gasteiger partial charge in [0, 0.05) is 30.6 Å². The Morgan fingerprint density at radius 3 is 2.77 bits per heavy atom. The second kappa shape index (κ2) is 7.49. The van der Waals surface area contributed by atoms with E-state index in [9.17, 15) is 4.79 Å². The molecule has 1 aliphatic rings. The van der Waals surface area contributed by atoms with Gasteiger partial charge in [-0.3, -0.25) is 4.79 Å². The lowest BCUT2D eigenvalue weighted by Gasteiger charge is -2.32. The number of carbonyl (C=O) groups excluding carboxylic acids is 1. The zero-order valence-corrected chi connectivity index (χ0v) is 15.6. The lowest BCUT2D eigenvalue weighted by atomic mass is 10.1. The van der Waals surface area contributed by atoms with Gasteiger partial charge in [-0.25, -0.2) is 20.8 Å². The van der Waals surface area contributed by atoms with Crippen molar-refractivity contribution in [2.75, 3.05) is 18.1 Å². The van der Waals surface area contributed by atoms with E-state index >= 15 is 0 Å². The maximum absolute atomic E-state index is 12.7. The Bertz CT molecular complexity index is 885. The number of amides is 1. The summed E-state index contributed by atoms with van der Waals surface area (Å²) in [4.78, 5) is 22.8. The summed E-state index contributed by atoms with van der Waals surface area (Å²) in [7, 11) is 0. The van der Waals surface area contributed by atoms with Crippen molar-refractivity contribution in [1.29, 1.82) is 0 Å². The monoisotopic (exact) mass is 392 g/mol. The van der Waals surface area contributed by atoms with Crippen molar-refractivity contribution < 1.29 is 4.79 Å². The van der Waals surface area contributed by atoms with Crippen LogP contribution >= 0.6 is 23.2 Å². The Kier molecular flexibility index (Phi) is 5.31. The molecule has 26 heavy (non-hydrogen) atoms. The molecule has 0 aliphatic carbocycles. The molecular formula is C17H18Cl2N6O. The molecule has 2 aromatic rings. The summed E-state index contributed by atoms with van der Waals surface area (Å²) < 4.78 is 0. The van der Waals surface area contributed by atoms with Crippen LogP contribution in [0.1, 0.15) is 22.5 Å². The molecule has 3 rings (SSSR count). The molecule has 1 aromatic heterocycles. The molecule has 0 bridgehead atoms. The molecule has 0 radical (unpaired) electrons. The summed E-state index contributed by atoms with van der Waals surface area (Å²) in [6.07, 6.45) is 2.11. The average Bonchev–Trinajstić information content (AvgIpc) is 2.63. The van der Waals surface area contributed by atoms with Crippen LogP contribution in [0.15, 0.2) is 41.9 Å². The molecular weight excluding hydrogens is 375 g/mol. The van der Waals surface area contributed by atoms with Crippen molar-refractivity contribution in [2.24, 2.45) is 11.6 Å². The van der Waals surface area contributed by atoms with Gasteiger partial charge in [0.2, 0.25) is 5.95 Å². The van der Waals surface area contributed by atoms with Gasteiger partial charge in [-0.15, -0.1) is 0 Å². The summed E-state index contributed by atoms with van der Waals surface area (Å²) >= 11 is 12.1. The van der Waals surface area contributed by atoms with Gasteiger partial charge in [-0.2, -0.15) is 0 Å². The molecule has 0 saturated carbocycles. The molecule has 0 saturated heterocycles. The van der Waals surface area contributed by atoms with E-state index in [2.05, 4.69) is 9.97 Å². The van der Waals surface area contributed by atoms with E-state index in [1.165, 1.54) is 5.01 Å². The van der Waals surface area contributed by atoms with Crippen LogP contribution in [0.2, 0.25) is 10.0 Å². The predicted octanol–water partition coefficient (Wildman–Crippen LogP) is 2.49. The summed E-state index contributed by atoms with van der Waals surface area (Å²) in [5, 5.41) is 1.95. The van der Waals surface area contributed by atoms with E-state index in [0.717, 1.165) is 5.69 Å². The van der Waals surface area contributed by atoms with Gasteiger partial charge in [0.1, 0.15) is 0 Å². The van der Waals surface area contributed by atoms with Gasteiger partial charge in [0.15, 0.2) is 0 Å². The van der Waals surface area contributed by atoms with Crippen molar-refractivity contribution in [3.63, 3.8) is 0 Å². The Morgan fingerprint density at radius 1 is 1.31 bits per heavy atom. The molecule has 1 aliphatic heterocycles. The number of nitrogens with two attached hydrogens (primary N) is 2. The fourth-order valence-corrected chi connectivity index (χ4v) is 3.12. The summed E-state index contributed by atoms with van der Waals surface area (Å²) in [5.41, 5.74) is 8.50. The summed E-state index contributed by atoms with van der Waals surface area (Å²) in [6, 6.07) is 6.75. The average molecular weight is 393 g/mol. The molecule has 136 valence electrons. The van der Waals surface area contributed by atoms with Crippen molar-refractivity contribution >= 4 is 35.1 Å². The first-order valence-corrected chi connectivity index (χ1v) is 8.69. The number of nitrogens with zero attached hydrogens (tertiary/aromatic N) is 4. The maximum Gasteiger partial charge on any atom is 0.255 e. The van der Waals surface area contributed by atoms with Crippen molar-refractivity contribution in [3.8, 4) is 0 Å². The molecule has 1 amide bonds. The quantitative estimate of drug-likeness (QED) is 0.614. The topological polar surface area (TPSA) is 101 Å². The normalized spacial score (nSPS) is 14.5. The lowest BCUT2D eigenvalue weighted by Crippen LogP contribution is -2.44. The molecule has 0 fully saturated rings. The molecule has 7 nitrogen and oxygen atoms in total. The van der Waals surface area contributed by atoms with E-state index in [1.54, 1.807) is 35.4 Å². The highest BCUT2D eigenvalue weighted by atomic mass is 35.5. The Morgan fingerprint density at radius 2 is 2.08 bits per heavy atom. The van der Waals surface area contributed by atoms with E-state index < -0.39 is 0 Å².